The maximum Gasteiger partial charge on any atom is 0.191 e. The number of aliphatic imine (C=N–C) groups is 1. The zero-order chi connectivity index (χ0) is 15.1. The van der Waals surface area contributed by atoms with E-state index in [1.54, 1.807) is 7.11 Å². The van der Waals surface area contributed by atoms with Gasteiger partial charge in [-0.3, -0.25) is 4.99 Å². The Hall–Kier alpha value is -1.07. The number of guanidine groups is 1. The molecule has 0 saturated heterocycles. The highest BCUT2D eigenvalue weighted by molar-refractivity contribution is 7.11. The zero-order valence-electron chi connectivity index (χ0n) is 13.4. The molecule has 0 amide bonds. The Balaban J connectivity index is 1.77. The van der Waals surface area contributed by atoms with E-state index >= 15 is 0 Å². The molecule has 2 N–H and O–H groups in total. The van der Waals surface area contributed by atoms with Crippen LogP contribution >= 0.6 is 11.3 Å². The molecule has 21 heavy (non-hydrogen) atoms. The van der Waals surface area contributed by atoms with Crippen LogP contribution in [0.15, 0.2) is 17.1 Å². The molecule has 0 spiro atoms. The van der Waals surface area contributed by atoms with Gasteiger partial charge in [0, 0.05) is 37.1 Å². The summed E-state index contributed by atoms with van der Waals surface area (Å²) < 4.78 is 5.24. The lowest BCUT2D eigenvalue weighted by Crippen LogP contribution is -2.46. The van der Waals surface area contributed by atoms with E-state index in [4.69, 9.17) is 4.74 Å². The van der Waals surface area contributed by atoms with Gasteiger partial charge in [-0.05, 0) is 43.7 Å². The first-order chi connectivity index (χ1) is 10.2. The average molecular weight is 309 g/mol. The van der Waals surface area contributed by atoms with Crippen LogP contribution in [0, 0.1) is 12.3 Å². The van der Waals surface area contributed by atoms with Crippen LogP contribution in [-0.4, -0.2) is 33.3 Å². The molecule has 1 aromatic rings. The van der Waals surface area contributed by atoms with Crippen molar-refractivity contribution in [3.63, 3.8) is 0 Å². The number of ether oxygens (including phenoxy) is 1. The molecule has 0 radical (unpaired) electrons. The molecule has 1 aliphatic carbocycles. The van der Waals surface area contributed by atoms with E-state index in [-0.39, 0.29) is 0 Å². The number of hydrogen-bond acceptors (Lipinski definition) is 3. The molecule has 1 aromatic heterocycles. The van der Waals surface area contributed by atoms with Crippen LogP contribution in [0.1, 0.15) is 35.4 Å². The molecule has 0 bridgehead atoms. The number of methoxy groups -OCH3 is 1. The largest absolute Gasteiger partial charge is 0.385 e. The molecule has 4 nitrogen and oxygen atoms in total. The van der Waals surface area contributed by atoms with Gasteiger partial charge in [-0.2, -0.15) is 0 Å². The molecule has 0 aromatic carbocycles. The fourth-order valence-electron chi connectivity index (χ4n) is 2.75. The van der Waals surface area contributed by atoms with Crippen molar-refractivity contribution in [2.45, 2.75) is 39.2 Å². The van der Waals surface area contributed by atoms with Gasteiger partial charge in [0.25, 0.3) is 0 Å². The van der Waals surface area contributed by atoms with Gasteiger partial charge in [-0.15, -0.1) is 11.3 Å². The summed E-state index contributed by atoms with van der Waals surface area (Å²) in [6.07, 6.45) is 5.07. The Morgan fingerprint density at radius 3 is 2.71 bits per heavy atom. The van der Waals surface area contributed by atoms with E-state index in [9.17, 15) is 0 Å². The summed E-state index contributed by atoms with van der Waals surface area (Å²) in [5, 5.41) is 6.88. The highest BCUT2D eigenvalue weighted by Crippen LogP contribution is 2.43. The van der Waals surface area contributed by atoms with Crippen molar-refractivity contribution in [3.05, 3.63) is 21.9 Å². The van der Waals surface area contributed by atoms with Gasteiger partial charge in [-0.25, -0.2) is 0 Å². The smallest absolute Gasteiger partial charge is 0.191 e. The molecule has 0 atom stereocenters. The molecule has 2 rings (SSSR count). The molecule has 1 fully saturated rings. The first kappa shape index (κ1) is 16.3. The van der Waals surface area contributed by atoms with Crippen molar-refractivity contribution in [3.8, 4) is 0 Å². The van der Waals surface area contributed by atoms with Crippen molar-refractivity contribution >= 4 is 17.3 Å². The normalized spacial score (nSPS) is 17.4. The number of hydrogen-bond donors (Lipinski definition) is 2. The molecule has 5 heteroatoms. The predicted molar refractivity (Wildman–Crippen MR) is 90.0 cm³/mol. The van der Waals surface area contributed by atoms with Crippen LogP contribution in [0.25, 0.3) is 0 Å². The first-order valence-corrected chi connectivity index (χ1v) is 8.48. The Morgan fingerprint density at radius 1 is 1.38 bits per heavy atom. The maximum absolute atomic E-state index is 5.24. The summed E-state index contributed by atoms with van der Waals surface area (Å²) in [5.41, 5.74) is 0.410. The number of rotatable bonds is 7. The quantitative estimate of drug-likeness (QED) is 0.601. The van der Waals surface area contributed by atoms with Gasteiger partial charge in [0.1, 0.15) is 0 Å². The fourth-order valence-corrected chi connectivity index (χ4v) is 3.58. The fraction of sp³-hybridized carbons (Fsp3) is 0.688. The topological polar surface area (TPSA) is 45.7 Å². The van der Waals surface area contributed by atoms with Crippen molar-refractivity contribution < 1.29 is 4.74 Å². The van der Waals surface area contributed by atoms with Gasteiger partial charge in [0.15, 0.2) is 5.96 Å². The summed E-state index contributed by atoms with van der Waals surface area (Å²) in [6, 6.07) is 4.33. The van der Waals surface area contributed by atoms with Gasteiger partial charge in [0.05, 0.1) is 6.54 Å². The highest BCUT2D eigenvalue weighted by atomic mass is 32.1. The monoisotopic (exact) mass is 309 g/mol. The Kier molecular flexibility index (Phi) is 6.06. The van der Waals surface area contributed by atoms with E-state index in [1.807, 2.05) is 18.4 Å². The molecular formula is C16H27N3OS. The minimum Gasteiger partial charge on any atom is -0.385 e. The lowest BCUT2D eigenvalue weighted by Gasteiger charge is -2.42. The minimum absolute atomic E-state index is 0.410. The van der Waals surface area contributed by atoms with Crippen molar-refractivity contribution in [2.24, 2.45) is 10.4 Å². The summed E-state index contributed by atoms with van der Waals surface area (Å²) in [7, 11) is 3.61. The van der Waals surface area contributed by atoms with Crippen LogP contribution in [0.4, 0.5) is 0 Å². The second kappa shape index (κ2) is 7.80. The highest BCUT2D eigenvalue weighted by Gasteiger charge is 2.36. The average Bonchev–Trinajstić information content (AvgIpc) is 2.86. The molecule has 1 aliphatic rings. The Bertz CT molecular complexity index is 466. The molecular weight excluding hydrogens is 282 g/mol. The van der Waals surface area contributed by atoms with Crippen LogP contribution in [-0.2, 0) is 11.3 Å². The van der Waals surface area contributed by atoms with Gasteiger partial charge in [0.2, 0.25) is 0 Å². The second-order valence-corrected chi connectivity index (χ2v) is 7.26. The standard InChI is InChI=1S/C16H27N3OS/c1-13-5-6-14(21-13)11-18-15(17-2)19-12-16(7-4-8-16)9-10-20-3/h5-6H,4,7-12H2,1-3H3,(H2,17,18,19). The van der Waals surface area contributed by atoms with Crippen molar-refractivity contribution in [1.82, 2.24) is 10.6 Å². The van der Waals surface area contributed by atoms with Crippen LogP contribution < -0.4 is 10.6 Å². The molecule has 1 heterocycles. The second-order valence-electron chi connectivity index (χ2n) is 5.89. The van der Waals surface area contributed by atoms with E-state index < -0.39 is 0 Å². The number of nitrogens with one attached hydrogen (secondary N) is 2. The van der Waals surface area contributed by atoms with E-state index in [0.717, 1.165) is 32.1 Å². The predicted octanol–water partition coefficient (Wildman–Crippen LogP) is 2.93. The van der Waals surface area contributed by atoms with Crippen molar-refractivity contribution in [1.29, 1.82) is 0 Å². The minimum atomic E-state index is 0.410. The molecule has 0 aliphatic heterocycles. The van der Waals surface area contributed by atoms with Crippen LogP contribution in [0.3, 0.4) is 0 Å². The third-order valence-corrected chi connectivity index (χ3v) is 5.33. The Morgan fingerprint density at radius 2 is 2.19 bits per heavy atom. The van der Waals surface area contributed by atoms with E-state index in [2.05, 4.69) is 34.7 Å². The Labute approximate surface area is 132 Å². The summed E-state index contributed by atoms with van der Waals surface area (Å²) in [6.45, 7) is 4.81. The molecule has 0 unspecified atom stereocenters. The third kappa shape index (κ3) is 4.71. The van der Waals surface area contributed by atoms with Gasteiger partial charge in [-0.1, -0.05) is 6.42 Å². The SMILES string of the molecule is CN=C(NCc1ccc(C)s1)NCC1(CCOC)CCC1. The summed E-state index contributed by atoms with van der Waals surface area (Å²) in [4.78, 5) is 7.01. The molecule has 1 saturated carbocycles. The van der Waals surface area contributed by atoms with Crippen molar-refractivity contribution in [2.75, 3.05) is 27.3 Å². The van der Waals surface area contributed by atoms with E-state index in [0.29, 0.717) is 5.41 Å². The van der Waals surface area contributed by atoms with Gasteiger partial charge >= 0.3 is 0 Å². The number of nitrogens with zero attached hydrogens (tertiary/aromatic N) is 1. The third-order valence-electron chi connectivity index (χ3n) is 4.33. The molecule has 118 valence electrons. The lowest BCUT2D eigenvalue weighted by molar-refractivity contribution is 0.0732. The number of aryl methyl sites for hydroxylation is 1. The first-order valence-electron chi connectivity index (χ1n) is 7.66. The van der Waals surface area contributed by atoms with E-state index in [1.165, 1.54) is 29.0 Å². The summed E-state index contributed by atoms with van der Waals surface area (Å²) in [5.74, 6) is 0.893. The maximum atomic E-state index is 5.24. The van der Waals surface area contributed by atoms with Crippen LogP contribution in [0.2, 0.25) is 0 Å². The summed E-state index contributed by atoms with van der Waals surface area (Å²) >= 11 is 1.83. The number of thiophene rings is 1. The van der Waals surface area contributed by atoms with Gasteiger partial charge < -0.3 is 15.4 Å². The zero-order valence-corrected chi connectivity index (χ0v) is 14.2. The lowest BCUT2D eigenvalue weighted by atomic mass is 9.67. The van der Waals surface area contributed by atoms with Crippen LogP contribution in [0.5, 0.6) is 0 Å².